The molecule has 0 spiro atoms. The van der Waals surface area contributed by atoms with E-state index in [2.05, 4.69) is 4.90 Å². The molecule has 0 saturated carbocycles. The number of alkyl halides is 2. The number of hydrogen-bond donors (Lipinski definition) is 1. The number of hydrogen-bond acceptors (Lipinski definition) is 6. The third kappa shape index (κ3) is 3.81. The van der Waals surface area contributed by atoms with Gasteiger partial charge in [-0.1, -0.05) is 12.1 Å². The lowest BCUT2D eigenvalue weighted by Gasteiger charge is -2.32. The summed E-state index contributed by atoms with van der Waals surface area (Å²) in [7, 11) is 0. The summed E-state index contributed by atoms with van der Waals surface area (Å²) in [5.74, 6) is -1.27. The number of carboxylic acid groups (broad SMARTS) is 1. The molecule has 0 amide bonds. The summed E-state index contributed by atoms with van der Waals surface area (Å²) < 4.78 is 33.1. The summed E-state index contributed by atoms with van der Waals surface area (Å²) in [4.78, 5) is 21.9. The van der Waals surface area contributed by atoms with Gasteiger partial charge in [0.15, 0.2) is 11.4 Å². The molecule has 29 heavy (non-hydrogen) atoms. The van der Waals surface area contributed by atoms with Crippen molar-refractivity contribution < 1.29 is 23.1 Å². The SMILES string of the molecule is FC1(F)CCN(c2nc(N3CCCC3)c3oc4ccccc4c3n2)CC1.O=CO. The smallest absolute Gasteiger partial charge is 0.290 e. The second-order valence-electron chi connectivity index (χ2n) is 7.27. The van der Waals surface area contributed by atoms with Crippen molar-refractivity contribution in [3.8, 4) is 0 Å². The molecule has 1 N–H and O–H groups in total. The van der Waals surface area contributed by atoms with Crippen LogP contribution in [0.25, 0.3) is 22.1 Å². The molecule has 0 unspecified atom stereocenters. The number of fused-ring (bicyclic) bond motifs is 3. The number of rotatable bonds is 2. The molecule has 2 fully saturated rings. The van der Waals surface area contributed by atoms with E-state index in [4.69, 9.17) is 24.3 Å². The van der Waals surface area contributed by atoms with Crippen LogP contribution in [0.4, 0.5) is 20.5 Å². The van der Waals surface area contributed by atoms with Crippen molar-refractivity contribution in [1.82, 2.24) is 9.97 Å². The Kier molecular flexibility index (Phi) is 5.21. The van der Waals surface area contributed by atoms with Crippen molar-refractivity contribution in [2.75, 3.05) is 36.0 Å². The van der Waals surface area contributed by atoms with E-state index in [-0.39, 0.29) is 32.4 Å². The first-order chi connectivity index (χ1) is 14.0. The standard InChI is InChI=1S/C19H20F2N4O.CH2O2/c20-19(21)7-11-25(12-8-19)18-22-15-13-5-1-2-6-14(13)26-16(15)17(23-18)24-9-3-4-10-24;2-1-3/h1-2,5-6H,3-4,7-12H2;1H,(H,2,3). The van der Waals surface area contributed by atoms with Crippen LogP contribution in [0.15, 0.2) is 28.7 Å². The van der Waals surface area contributed by atoms with Gasteiger partial charge in [-0.2, -0.15) is 4.98 Å². The van der Waals surface area contributed by atoms with Gasteiger partial charge >= 0.3 is 0 Å². The van der Waals surface area contributed by atoms with Gasteiger partial charge in [0.2, 0.25) is 5.95 Å². The minimum Gasteiger partial charge on any atom is -0.483 e. The molecule has 2 aromatic heterocycles. The van der Waals surface area contributed by atoms with Gasteiger partial charge in [0, 0.05) is 44.4 Å². The largest absolute Gasteiger partial charge is 0.483 e. The van der Waals surface area contributed by atoms with E-state index >= 15 is 0 Å². The Bertz CT molecular complexity index is 1010. The number of aromatic nitrogens is 2. The number of furan rings is 1. The van der Waals surface area contributed by atoms with Crippen LogP contribution in [0, 0.1) is 0 Å². The first-order valence-electron chi connectivity index (χ1n) is 9.67. The van der Waals surface area contributed by atoms with Gasteiger partial charge in [-0.3, -0.25) is 4.79 Å². The molecule has 2 aliphatic heterocycles. The zero-order chi connectivity index (χ0) is 20.4. The highest BCUT2D eigenvalue weighted by atomic mass is 19.3. The molecular formula is C20H22F2N4O3. The molecule has 1 aromatic carbocycles. The Labute approximate surface area is 165 Å². The van der Waals surface area contributed by atoms with Crippen LogP contribution in [0.2, 0.25) is 0 Å². The molecule has 2 saturated heterocycles. The number of nitrogens with zero attached hydrogens (tertiary/aromatic N) is 4. The van der Waals surface area contributed by atoms with Crippen molar-refractivity contribution in [3.63, 3.8) is 0 Å². The zero-order valence-electron chi connectivity index (χ0n) is 15.9. The predicted octanol–water partition coefficient (Wildman–Crippen LogP) is 3.91. The topological polar surface area (TPSA) is 82.7 Å². The summed E-state index contributed by atoms with van der Waals surface area (Å²) in [6.45, 7) is 2.16. The molecule has 0 aliphatic carbocycles. The average Bonchev–Trinajstić information content (AvgIpc) is 3.36. The summed E-state index contributed by atoms with van der Waals surface area (Å²) >= 11 is 0. The van der Waals surface area contributed by atoms with Crippen molar-refractivity contribution in [2.45, 2.75) is 31.6 Å². The summed E-state index contributed by atoms with van der Waals surface area (Å²) in [6, 6.07) is 7.79. The Balaban J connectivity index is 0.000000645. The van der Waals surface area contributed by atoms with Crippen molar-refractivity contribution in [3.05, 3.63) is 24.3 Å². The highest BCUT2D eigenvalue weighted by Gasteiger charge is 2.35. The highest BCUT2D eigenvalue weighted by Crippen LogP contribution is 2.37. The Morgan fingerprint density at radius 1 is 1.03 bits per heavy atom. The van der Waals surface area contributed by atoms with Crippen LogP contribution >= 0.6 is 0 Å². The molecule has 5 rings (SSSR count). The fourth-order valence-electron chi connectivity index (χ4n) is 3.88. The number of piperidine rings is 1. The first-order valence-corrected chi connectivity index (χ1v) is 9.67. The van der Waals surface area contributed by atoms with Gasteiger partial charge in [-0.05, 0) is 25.0 Å². The van der Waals surface area contributed by atoms with E-state index in [0.717, 1.165) is 48.2 Å². The lowest BCUT2D eigenvalue weighted by atomic mass is 10.1. The maximum atomic E-state index is 13.5. The number of benzene rings is 1. The van der Waals surface area contributed by atoms with Gasteiger partial charge in [0.05, 0.1) is 0 Å². The van der Waals surface area contributed by atoms with Crippen LogP contribution in [0.3, 0.4) is 0 Å². The minimum absolute atomic E-state index is 0.153. The van der Waals surface area contributed by atoms with Gasteiger partial charge in [-0.25, -0.2) is 13.8 Å². The average molecular weight is 404 g/mol. The second kappa shape index (κ2) is 7.81. The van der Waals surface area contributed by atoms with Crippen molar-refractivity contribution in [1.29, 1.82) is 0 Å². The normalized spacial score (nSPS) is 18.7. The van der Waals surface area contributed by atoms with Crippen LogP contribution in [-0.2, 0) is 4.79 Å². The van der Waals surface area contributed by atoms with E-state index in [9.17, 15) is 8.78 Å². The lowest BCUT2D eigenvalue weighted by Crippen LogP contribution is -2.40. The molecule has 4 heterocycles. The third-order valence-electron chi connectivity index (χ3n) is 5.37. The lowest BCUT2D eigenvalue weighted by molar-refractivity contribution is -0.122. The number of carbonyl (C=O) groups is 1. The van der Waals surface area contributed by atoms with Crippen LogP contribution in [0.5, 0.6) is 0 Å². The molecule has 7 nitrogen and oxygen atoms in total. The maximum Gasteiger partial charge on any atom is 0.290 e. The van der Waals surface area contributed by atoms with Gasteiger partial charge < -0.3 is 19.3 Å². The van der Waals surface area contributed by atoms with E-state index < -0.39 is 5.92 Å². The molecule has 154 valence electrons. The maximum absolute atomic E-state index is 13.5. The van der Waals surface area contributed by atoms with Gasteiger partial charge in [0.1, 0.15) is 11.1 Å². The summed E-state index contributed by atoms with van der Waals surface area (Å²) in [5, 5.41) is 7.83. The molecule has 3 aromatic rings. The molecule has 0 radical (unpaired) electrons. The van der Waals surface area contributed by atoms with Crippen molar-refractivity contribution in [2.24, 2.45) is 0 Å². The van der Waals surface area contributed by atoms with E-state index in [1.54, 1.807) is 0 Å². The molecule has 2 aliphatic rings. The molecule has 0 atom stereocenters. The molecule has 0 bridgehead atoms. The Morgan fingerprint density at radius 3 is 2.38 bits per heavy atom. The summed E-state index contributed by atoms with van der Waals surface area (Å²) in [5.41, 5.74) is 2.24. The summed E-state index contributed by atoms with van der Waals surface area (Å²) in [6.07, 6.45) is 1.94. The fourth-order valence-corrected chi connectivity index (χ4v) is 3.88. The quantitative estimate of drug-likeness (QED) is 0.649. The second-order valence-corrected chi connectivity index (χ2v) is 7.27. The number of anilines is 2. The highest BCUT2D eigenvalue weighted by molar-refractivity contribution is 6.06. The molecule has 9 heteroatoms. The number of halogens is 2. The molecular weight excluding hydrogens is 382 g/mol. The minimum atomic E-state index is -2.58. The third-order valence-corrected chi connectivity index (χ3v) is 5.37. The Hall–Kier alpha value is -2.97. The van der Waals surface area contributed by atoms with Crippen LogP contribution in [-0.4, -0.2) is 53.6 Å². The fraction of sp³-hybridized carbons (Fsp3) is 0.450. The van der Waals surface area contributed by atoms with E-state index in [1.165, 1.54) is 0 Å². The first kappa shape index (κ1) is 19.4. The zero-order valence-corrected chi connectivity index (χ0v) is 15.9. The van der Waals surface area contributed by atoms with Crippen LogP contribution in [0.1, 0.15) is 25.7 Å². The van der Waals surface area contributed by atoms with Gasteiger partial charge in [0.25, 0.3) is 12.4 Å². The van der Waals surface area contributed by atoms with Gasteiger partial charge in [-0.15, -0.1) is 0 Å². The van der Waals surface area contributed by atoms with Crippen LogP contribution < -0.4 is 9.80 Å². The number of para-hydroxylation sites is 1. The van der Waals surface area contributed by atoms with Crippen molar-refractivity contribution >= 4 is 40.3 Å². The Morgan fingerprint density at radius 2 is 1.69 bits per heavy atom. The monoisotopic (exact) mass is 404 g/mol. The van der Waals surface area contributed by atoms with E-state index in [1.807, 2.05) is 29.2 Å². The predicted molar refractivity (Wildman–Crippen MR) is 106 cm³/mol. The van der Waals surface area contributed by atoms with E-state index in [0.29, 0.717) is 11.5 Å².